The minimum atomic E-state index is -0.522. The summed E-state index contributed by atoms with van der Waals surface area (Å²) in [5, 5.41) is 0. The standard InChI is InChI=1S/C27H32N4O4.C2H6/c1-27(2,3)35-26(33)29(4)22-12-14-30(18-22)24-11-10-21(17-28-24)31-15-13-23(16-25(31)32)34-19-20-8-6-5-7-9-20;1-2/h5-11,13,15-17,22H,12,14,18-19H2,1-4H3;1-2H3. The summed E-state index contributed by atoms with van der Waals surface area (Å²) in [6.07, 6.45) is 3.90. The molecule has 0 saturated carbocycles. The number of hydrogen-bond acceptors (Lipinski definition) is 6. The van der Waals surface area contributed by atoms with Crippen LogP contribution in [0, 0.1) is 0 Å². The van der Waals surface area contributed by atoms with Gasteiger partial charge in [0.15, 0.2) is 0 Å². The number of ether oxygens (including phenoxy) is 2. The van der Waals surface area contributed by atoms with Gasteiger partial charge in [-0.1, -0.05) is 44.2 Å². The Morgan fingerprint density at radius 1 is 1.11 bits per heavy atom. The van der Waals surface area contributed by atoms with E-state index in [1.807, 2.05) is 77.1 Å². The molecule has 2 aromatic heterocycles. The first-order valence-corrected chi connectivity index (χ1v) is 12.8. The van der Waals surface area contributed by atoms with Crippen LogP contribution in [0.1, 0.15) is 46.6 Å². The second-order valence-electron chi connectivity index (χ2n) is 9.70. The molecule has 0 bridgehead atoms. The Kier molecular flexibility index (Phi) is 9.33. The van der Waals surface area contributed by atoms with Crippen LogP contribution < -0.4 is 15.2 Å². The lowest BCUT2D eigenvalue weighted by molar-refractivity contribution is 0.0238. The third-order valence-corrected chi connectivity index (χ3v) is 5.87. The molecule has 4 rings (SSSR count). The lowest BCUT2D eigenvalue weighted by Crippen LogP contribution is -2.42. The van der Waals surface area contributed by atoms with Crippen molar-refractivity contribution in [2.24, 2.45) is 0 Å². The molecule has 1 aliphatic heterocycles. The van der Waals surface area contributed by atoms with Gasteiger partial charge >= 0.3 is 6.09 Å². The van der Waals surface area contributed by atoms with E-state index in [2.05, 4.69) is 9.88 Å². The molecule has 8 nitrogen and oxygen atoms in total. The summed E-state index contributed by atoms with van der Waals surface area (Å²) >= 11 is 0. The number of carbonyl (C=O) groups is 1. The van der Waals surface area contributed by atoms with Gasteiger partial charge in [-0.2, -0.15) is 0 Å². The van der Waals surface area contributed by atoms with Gasteiger partial charge in [-0.15, -0.1) is 0 Å². The van der Waals surface area contributed by atoms with Gasteiger partial charge in [0, 0.05) is 32.4 Å². The van der Waals surface area contributed by atoms with Crippen LogP contribution in [0.2, 0.25) is 0 Å². The Balaban J connectivity index is 0.00000186. The first-order chi connectivity index (χ1) is 17.7. The molecule has 1 atom stereocenters. The van der Waals surface area contributed by atoms with E-state index < -0.39 is 5.60 Å². The van der Waals surface area contributed by atoms with Crippen LogP contribution in [0.5, 0.6) is 5.75 Å². The highest BCUT2D eigenvalue weighted by atomic mass is 16.6. The molecular weight excluding hydrogens is 468 g/mol. The molecule has 198 valence electrons. The van der Waals surface area contributed by atoms with Crippen molar-refractivity contribution in [3.05, 3.63) is 82.9 Å². The maximum Gasteiger partial charge on any atom is 0.410 e. The smallest absolute Gasteiger partial charge is 0.410 e. The topological polar surface area (TPSA) is 76.9 Å². The molecule has 1 aliphatic rings. The van der Waals surface area contributed by atoms with Crippen molar-refractivity contribution in [1.29, 1.82) is 0 Å². The van der Waals surface area contributed by atoms with Crippen LogP contribution in [-0.4, -0.2) is 52.3 Å². The highest BCUT2D eigenvalue weighted by Gasteiger charge is 2.31. The molecule has 0 N–H and O–H groups in total. The first-order valence-electron chi connectivity index (χ1n) is 12.8. The quantitative estimate of drug-likeness (QED) is 0.453. The van der Waals surface area contributed by atoms with E-state index in [1.165, 1.54) is 10.6 Å². The molecule has 1 fully saturated rings. The van der Waals surface area contributed by atoms with E-state index in [0.29, 0.717) is 24.6 Å². The number of amides is 1. The molecule has 1 unspecified atom stereocenters. The van der Waals surface area contributed by atoms with Gasteiger partial charge in [0.1, 0.15) is 23.8 Å². The summed E-state index contributed by atoms with van der Waals surface area (Å²) in [6.45, 7) is 11.5. The number of carbonyl (C=O) groups excluding carboxylic acids is 1. The Morgan fingerprint density at radius 3 is 2.46 bits per heavy atom. The van der Waals surface area contributed by atoms with Crippen LogP contribution in [-0.2, 0) is 11.3 Å². The van der Waals surface area contributed by atoms with Crippen molar-refractivity contribution in [3.63, 3.8) is 0 Å². The Hall–Kier alpha value is -3.81. The number of hydrogen-bond donors (Lipinski definition) is 0. The Bertz CT molecular complexity index is 1200. The zero-order chi connectivity index (χ0) is 27.0. The monoisotopic (exact) mass is 506 g/mol. The fourth-order valence-corrected chi connectivity index (χ4v) is 3.96. The van der Waals surface area contributed by atoms with Crippen molar-refractivity contribution in [2.75, 3.05) is 25.0 Å². The number of aromatic nitrogens is 2. The second-order valence-corrected chi connectivity index (χ2v) is 9.70. The Morgan fingerprint density at radius 2 is 1.84 bits per heavy atom. The molecular formula is C29H38N4O4. The number of benzene rings is 1. The molecule has 0 aliphatic carbocycles. The number of anilines is 1. The van der Waals surface area contributed by atoms with Crippen LogP contribution in [0.25, 0.3) is 5.69 Å². The fourth-order valence-electron chi connectivity index (χ4n) is 3.96. The summed E-state index contributed by atoms with van der Waals surface area (Å²) in [5.41, 5.74) is 1.00. The van der Waals surface area contributed by atoms with Crippen molar-refractivity contribution >= 4 is 11.9 Å². The maximum absolute atomic E-state index is 12.7. The lowest BCUT2D eigenvalue weighted by atomic mass is 10.2. The SMILES string of the molecule is CC.CN(C(=O)OC(C)(C)C)C1CCN(c2ccc(-n3ccc(OCc4ccccc4)cc3=O)cn2)C1. The maximum atomic E-state index is 12.7. The zero-order valence-electron chi connectivity index (χ0n) is 22.7. The highest BCUT2D eigenvalue weighted by Crippen LogP contribution is 2.23. The molecule has 1 aromatic carbocycles. The van der Waals surface area contributed by atoms with Gasteiger partial charge in [-0.3, -0.25) is 9.36 Å². The van der Waals surface area contributed by atoms with E-state index in [1.54, 1.807) is 30.4 Å². The third-order valence-electron chi connectivity index (χ3n) is 5.87. The largest absolute Gasteiger partial charge is 0.489 e. The van der Waals surface area contributed by atoms with Gasteiger partial charge in [-0.25, -0.2) is 9.78 Å². The predicted octanol–water partition coefficient (Wildman–Crippen LogP) is 5.28. The van der Waals surface area contributed by atoms with Gasteiger partial charge in [-0.05, 0) is 51.0 Å². The average Bonchev–Trinajstić information content (AvgIpc) is 3.38. The number of pyridine rings is 2. The van der Waals surface area contributed by atoms with Gasteiger partial charge < -0.3 is 19.3 Å². The highest BCUT2D eigenvalue weighted by molar-refractivity contribution is 5.68. The summed E-state index contributed by atoms with van der Waals surface area (Å²) < 4.78 is 12.8. The second kappa shape index (κ2) is 12.4. The normalized spacial score (nSPS) is 15.0. The van der Waals surface area contributed by atoms with Crippen molar-refractivity contribution in [3.8, 4) is 11.4 Å². The van der Waals surface area contributed by atoms with Gasteiger partial charge in [0.25, 0.3) is 5.56 Å². The van der Waals surface area contributed by atoms with Crippen LogP contribution in [0.3, 0.4) is 0 Å². The molecule has 8 heteroatoms. The van der Waals surface area contributed by atoms with E-state index in [0.717, 1.165) is 24.3 Å². The molecule has 3 aromatic rings. The number of rotatable bonds is 6. The molecule has 0 spiro atoms. The van der Waals surface area contributed by atoms with E-state index in [-0.39, 0.29) is 17.7 Å². The zero-order valence-corrected chi connectivity index (χ0v) is 22.7. The summed E-state index contributed by atoms with van der Waals surface area (Å²) in [4.78, 5) is 33.4. The molecule has 3 heterocycles. The minimum Gasteiger partial charge on any atom is -0.489 e. The first kappa shape index (κ1) is 27.8. The lowest BCUT2D eigenvalue weighted by Gasteiger charge is -2.28. The molecule has 1 amide bonds. The van der Waals surface area contributed by atoms with Gasteiger partial charge in [0.05, 0.1) is 17.9 Å². The van der Waals surface area contributed by atoms with Crippen molar-refractivity contribution in [2.45, 2.75) is 59.3 Å². The number of likely N-dealkylation sites (N-methyl/N-ethyl adjacent to an activating group) is 1. The van der Waals surface area contributed by atoms with E-state index in [4.69, 9.17) is 9.47 Å². The van der Waals surface area contributed by atoms with Gasteiger partial charge in [0.2, 0.25) is 0 Å². The summed E-state index contributed by atoms with van der Waals surface area (Å²) in [7, 11) is 1.78. The summed E-state index contributed by atoms with van der Waals surface area (Å²) in [5.74, 6) is 1.33. The minimum absolute atomic E-state index is 0.0531. The predicted molar refractivity (Wildman–Crippen MR) is 147 cm³/mol. The van der Waals surface area contributed by atoms with Crippen LogP contribution >= 0.6 is 0 Å². The fraction of sp³-hybridized carbons (Fsp3) is 0.414. The van der Waals surface area contributed by atoms with Crippen molar-refractivity contribution < 1.29 is 14.3 Å². The Labute approximate surface area is 219 Å². The van der Waals surface area contributed by atoms with E-state index in [9.17, 15) is 9.59 Å². The third kappa shape index (κ3) is 7.59. The molecule has 1 saturated heterocycles. The van der Waals surface area contributed by atoms with Crippen molar-refractivity contribution in [1.82, 2.24) is 14.5 Å². The van der Waals surface area contributed by atoms with Crippen LogP contribution in [0.15, 0.2) is 71.8 Å². The van der Waals surface area contributed by atoms with Crippen LogP contribution in [0.4, 0.5) is 10.6 Å². The summed E-state index contributed by atoms with van der Waals surface area (Å²) in [6, 6.07) is 16.9. The number of nitrogens with zero attached hydrogens (tertiary/aromatic N) is 4. The molecule has 0 radical (unpaired) electrons. The molecule has 37 heavy (non-hydrogen) atoms. The van der Waals surface area contributed by atoms with E-state index >= 15 is 0 Å². The average molecular weight is 507 g/mol.